The fourth-order valence-electron chi connectivity index (χ4n) is 5.85. The number of anilines is 2. The smallest absolute Gasteiger partial charge is 0.435 e. The molecule has 2 atom stereocenters. The van der Waals surface area contributed by atoms with Crippen molar-refractivity contribution >= 4 is 69.9 Å². The number of likely N-dealkylation sites (tertiary alicyclic amines) is 1. The molecule has 288 valence electrons. The second kappa shape index (κ2) is 16.4. The summed E-state index contributed by atoms with van der Waals surface area (Å²) in [7, 11) is 0. The van der Waals surface area contributed by atoms with E-state index in [0.717, 1.165) is 36.1 Å². The number of hydrogen-bond acceptors (Lipinski definition) is 9. The number of carbonyl (C=O) groups excluding carboxylic acids is 4. The predicted molar refractivity (Wildman–Crippen MR) is 207 cm³/mol. The Labute approximate surface area is 320 Å². The van der Waals surface area contributed by atoms with E-state index in [-0.39, 0.29) is 28.5 Å². The van der Waals surface area contributed by atoms with E-state index in [1.165, 1.54) is 12.1 Å². The van der Waals surface area contributed by atoms with Crippen molar-refractivity contribution in [2.75, 3.05) is 23.3 Å². The second-order valence-corrected chi connectivity index (χ2v) is 16.7. The van der Waals surface area contributed by atoms with Crippen molar-refractivity contribution in [3.8, 4) is 0 Å². The van der Waals surface area contributed by atoms with Gasteiger partial charge in [0.1, 0.15) is 16.8 Å². The highest BCUT2D eigenvalue weighted by atomic mass is 35.5. The molecule has 2 N–H and O–H groups in total. The highest BCUT2D eigenvalue weighted by Crippen LogP contribution is 2.34. The molecule has 15 heteroatoms. The summed E-state index contributed by atoms with van der Waals surface area (Å²) in [5.41, 5.74) is -1.67. The molecule has 0 saturated carbocycles. The van der Waals surface area contributed by atoms with Gasteiger partial charge in [0, 0.05) is 23.7 Å². The number of urea groups is 1. The van der Waals surface area contributed by atoms with Crippen molar-refractivity contribution in [3.63, 3.8) is 0 Å². The monoisotopic (exact) mass is 772 g/mol. The molecule has 53 heavy (non-hydrogen) atoms. The summed E-state index contributed by atoms with van der Waals surface area (Å²) in [6.07, 6.45) is 1.64. The van der Waals surface area contributed by atoms with E-state index in [1.54, 1.807) is 80.5 Å². The van der Waals surface area contributed by atoms with E-state index < -0.39 is 47.2 Å². The maximum Gasteiger partial charge on any atom is 0.435 e. The molecule has 0 spiro atoms. The van der Waals surface area contributed by atoms with Crippen LogP contribution in [0.4, 0.5) is 30.7 Å². The minimum atomic E-state index is -1.08. The van der Waals surface area contributed by atoms with Crippen LogP contribution in [0.3, 0.4) is 0 Å². The molecule has 3 aromatic rings. The van der Waals surface area contributed by atoms with E-state index in [0.29, 0.717) is 21.5 Å². The van der Waals surface area contributed by atoms with Gasteiger partial charge in [-0.15, -0.1) is 11.7 Å². The number of fused-ring (bicyclic) bond motifs is 1. The lowest BCUT2D eigenvalue weighted by atomic mass is 9.90. The Bertz CT molecular complexity index is 1830. The van der Waals surface area contributed by atoms with Crippen LogP contribution in [0.15, 0.2) is 49.1 Å². The molecule has 4 rings (SSSR count). The molecule has 1 saturated heterocycles. The highest BCUT2D eigenvalue weighted by Gasteiger charge is 2.37. The first-order valence-electron chi connectivity index (χ1n) is 17.5. The van der Waals surface area contributed by atoms with Crippen molar-refractivity contribution in [1.29, 1.82) is 0 Å². The van der Waals surface area contributed by atoms with Gasteiger partial charge in [-0.3, -0.25) is 4.90 Å². The largest absolute Gasteiger partial charge is 0.443 e. The third-order valence-corrected chi connectivity index (χ3v) is 8.59. The first-order valence-corrected chi connectivity index (χ1v) is 18.2. The molecule has 1 aliphatic heterocycles. The zero-order valence-corrected chi connectivity index (χ0v) is 33.4. The molecule has 1 fully saturated rings. The molecule has 0 aliphatic carbocycles. The van der Waals surface area contributed by atoms with E-state index in [9.17, 15) is 19.2 Å². The summed E-state index contributed by atoms with van der Waals surface area (Å²) < 4.78 is 17.7. The number of imide groups is 1. The fourth-order valence-corrected chi connectivity index (χ4v) is 6.16. The van der Waals surface area contributed by atoms with Crippen LogP contribution in [-0.2, 0) is 14.2 Å². The van der Waals surface area contributed by atoms with Crippen LogP contribution in [-0.4, -0.2) is 74.9 Å². The first kappa shape index (κ1) is 41.4. The number of nitrogens with one attached hydrogen (secondary N) is 2. The molecule has 13 nitrogen and oxygen atoms in total. The van der Waals surface area contributed by atoms with Gasteiger partial charge in [-0.2, -0.15) is 9.58 Å². The number of piperidine rings is 1. The Morgan fingerprint density at radius 2 is 1.53 bits per heavy atom. The summed E-state index contributed by atoms with van der Waals surface area (Å²) in [5, 5.41) is 11.3. The SMILES string of the molecule is C=CCN1CCCC[C@H]1C(NC(=O)Nc1ccc2c(c1)c(N(C(=O)OC(C)(C)C)C(=O)OC(C)(C)C)nn2C(=O)OC(C)(C)C)c1ccc(Cl)c(Cl)c1. The second-order valence-electron chi connectivity index (χ2n) is 15.8. The van der Waals surface area contributed by atoms with Gasteiger partial charge in [0.05, 0.1) is 21.6 Å². The van der Waals surface area contributed by atoms with Crippen molar-refractivity contribution in [2.24, 2.45) is 0 Å². The number of ether oxygens (including phenoxy) is 3. The average molecular weight is 774 g/mol. The molecule has 0 bridgehead atoms. The van der Waals surface area contributed by atoms with Crippen LogP contribution < -0.4 is 15.5 Å². The molecule has 4 amide bonds. The lowest BCUT2D eigenvalue weighted by Crippen LogP contribution is -2.49. The average Bonchev–Trinajstić information content (AvgIpc) is 3.38. The maximum absolute atomic E-state index is 13.8. The third kappa shape index (κ3) is 11.1. The van der Waals surface area contributed by atoms with E-state index >= 15 is 0 Å². The summed E-state index contributed by atoms with van der Waals surface area (Å²) in [4.78, 5) is 57.5. The van der Waals surface area contributed by atoms with Crippen LogP contribution in [0.25, 0.3) is 10.9 Å². The quantitative estimate of drug-likeness (QED) is 0.177. The van der Waals surface area contributed by atoms with Crippen molar-refractivity contribution < 1.29 is 33.4 Å². The molecule has 2 heterocycles. The zero-order valence-electron chi connectivity index (χ0n) is 31.8. The third-order valence-electron chi connectivity index (χ3n) is 7.85. The number of aromatic nitrogens is 2. The minimum Gasteiger partial charge on any atom is -0.443 e. The van der Waals surface area contributed by atoms with Gasteiger partial charge in [0.25, 0.3) is 0 Å². The highest BCUT2D eigenvalue weighted by molar-refractivity contribution is 6.42. The standard InChI is InChI=1S/C38H50Cl2N6O7/c1-11-19-44-20-13-12-14-29(44)30(23-15-17-26(39)27(40)21-23)42-32(47)41-24-16-18-28-25(22-24)31(43-46(28)35(50)53-38(8,9)10)45(33(48)51-36(2,3)4)34(49)52-37(5,6)7/h11,15-18,21-22,29-30H,1,12-14,19-20H2,2-10H3,(H2,41,42,47)/t29-,30?/m0/s1. The molecule has 0 radical (unpaired) electrons. The van der Waals surface area contributed by atoms with Crippen LogP contribution in [0, 0.1) is 0 Å². The van der Waals surface area contributed by atoms with E-state index in [1.807, 2.05) is 12.1 Å². The van der Waals surface area contributed by atoms with Crippen LogP contribution in [0.1, 0.15) is 93.2 Å². The van der Waals surface area contributed by atoms with Gasteiger partial charge < -0.3 is 24.8 Å². The van der Waals surface area contributed by atoms with Gasteiger partial charge in [-0.1, -0.05) is 41.8 Å². The van der Waals surface area contributed by atoms with Gasteiger partial charge in [-0.05, 0) is 118 Å². The molecule has 2 aromatic carbocycles. The maximum atomic E-state index is 13.8. The zero-order chi connectivity index (χ0) is 39.5. The molecule has 1 unspecified atom stereocenters. The van der Waals surface area contributed by atoms with E-state index in [4.69, 9.17) is 37.4 Å². The lowest BCUT2D eigenvalue weighted by molar-refractivity contribution is 0.0420. The van der Waals surface area contributed by atoms with Crippen LogP contribution in [0.5, 0.6) is 0 Å². The number of benzene rings is 2. The molecule has 1 aliphatic rings. The number of nitrogens with zero attached hydrogens (tertiary/aromatic N) is 4. The van der Waals surface area contributed by atoms with Crippen LogP contribution >= 0.6 is 23.2 Å². The number of hydrogen-bond donors (Lipinski definition) is 2. The Hall–Kier alpha value is -4.33. The summed E-state index contributed by atoms with van der Waals surface area (Å²) in [5.74, 6) is -0.269. The number of halogens is 2. The number of carbonyl (C=O) groups is 4. The first-order chi connectivity index (χ1) is 24.6. The summed E-state index contributed by atoms with van der Waals surface area (Å²) >= 11 is 12.7. The van der Waals surface area contributed by atoms with Gasteiger partial charge in [0.2, 0.25) is 0 Å². The lowest BCUT2D eigenvalue weighted by Gasteiger charge is -2.40. The summed E-state index contributed by atoms with van der Waals surface area (Å²) in [6.45, 7) is 20.3. The minimum absolute atomic E-state index is 0.0675. The van der Waals surface area contributed by atoms with Crippen LogP contribution in [0.2, 0.25) is 10.0 Å². The van der Waals surface area contributed by atoms with E-state index in [2.05, 4.69) is 27.2 Å². The normalized spacial score (nSPS) is 16.0. The van der Waals surface area contributed by atoms with Crippen molar-refractivity contribution in [1.82, 2.24) is 20.0 Å². The fraction of sp³-hybridized carbons (Fsp3) is 0.500. The predicted octanol–water partition coefficient (Wildman–Crippen LogP) is 9.71. The molecule has 1 aromatic heterocycles. The number of amides is 4. The van der Waals surface area contributed by atoms with Crippen molar-refractivity contribution in [3.05, 3.63) is 64.7 Å². The van der Waals surface area contributed by atoms with Gasteiger partial charge >= 0.3 is 24.3 Å². The Balaban J connectivity index is 1.79. The van der Waals surface area contributed by atoms with Gasteiger partial charge in [0.15, 0.2) is 5.82 Å². The Morgan fingerprint density at radius 1 is 0.906 bits per heavy atom. The topological polar surface area (TPSA) is 144 Å². The Kier molecular flexibility index (Phi) is 12.8. The molecular weight excluding hydrogens is 723 g/mol. The Morgan fingerprint density at radius 3 is 2.09 bits per heavy atom. The van der Waals surface area contributed by atoms with Gasteiger partial charge in [-0.25, -0.2) is 19.2 Å². The number of rotatable bonds is 7. The van der Waals surface area contributed by atoms with Crippen molar-refractivity contribution in [2.45, 2.75) is 110 Å². The summed E-state index contributed by atoms with van der Waals surface area (Å²) in [6, 6.07) is 8.80. The molecular formula is C38H50Cl2N6O7.